The standard InChI is InChI=1S/C30H33N3O4/c1-4-20-17-18-33(30(37)32-26-13-9-21(10-14-26)19(2)3)27(20)28(34)31-25-15-11-23(12-16-25)22-5-7-24(8-6-22)29(35)36/h5-16,19-20,27H,4,17-18H2,1-3H3,(H,31,34)(H,32,37)(H,35,36)/t20-,27-/m0/s1. The average molecular weight is 500 g/mol. The Balaban J connectivity index is 1.43. The summed E-state index contributed by atoms with van der Waals surface area (Å²) in [6.07, 6.45) is 1.58. The summed E-state index contributed by atoms with van der Waals surface area (Å²) < 4.78 is 0. The highest BCUT2D eigenvalue weighted by Gasteiger charge is 2.41. The van der Waals surface area contributed by atoms with Crippen LogP contribution in [0.15, 0.2) is 72.8 Å². The minimum atomic E-state index is -0.964. The number of anilines is 2. The Morgan fingerprint density at radius 3 is 1.95 bits per heavy atom. The molecule has 0 unspecified atom stereocenters. The molecule has 3 aromatic carbocycles. The second-order valence-electron chi connectivity index (χ2n) is 9.75. The van der Waals surface area contributed by atoms with Crippen LogP contribution in [0, 0.1) is 5.92 Å². The van der Waals surface area contributed by atoms with Crippen LogP contribution in [0.1, 0.15) is 55.5 Å². The Kier molecular flexibility index (Phi) is 7.92. The molecule has 1 aliphatic rings. The van der Waals surface area contributed by atoms with Crippen LogP contribution in [0.3, 0.4) is 0 Å². The Morgan fingerprint density at radius 1 is 0.865 bits per heavy atom. The van der Waals surface area contributed by atoms with E-state index in [9.17, 15) is 14.4 Å². The SMILES string of the molecule is CC[C@H]1CCN(C(=O)Nc2ccc(C(C)C)cc2)[C@@H]1C(=O)Nc1ccc(-c2ccc(C(=O)O)cc2)cc1. The number of hydrogen-bond acceptors (Lipinski definition) is 3. The van der Waals surface area contributed by atoms with Gasteiger partial charge in [-0.3, -0.25) is 4.79 Å². The molecule has 7 heteroatoms. The first kappa shape index (κ1) is 25.9. The minimum Gasteiger partial charge on any atom is -0.478 e. The predicted molar refractivity (Wildman–Crippen MR) is 146 cm³/mol. The lowest BCUT2D eigenvalue weighted by Gasteiger charge is -2.27. The smallest absolute Gasteiger partial charge is 0.335 e. The molecule has 0 saturated carbocycles. The maximum Gasteiger partial charge on any atom is 0.335 e. The molecule has 1 aliphatic heterocycles. The number of likely N-dealkylation sites (tertiary alicyclic amines) is 1. The number of amides is 3. The van der Waals surface area contributed by atoms with E-state index in [0.717, 1.165) is 24.0 Å². The largest absolute Gasteiger partial charge is 0.478 e. The highest BCUT2D eigenvalue weighted by molar-refractivity contribution is 6.00. The molecule has 0 spiro atoms. The number of nitrogens with one attached hydrogen (secondary N) is 2. The van der Waals surface area contributed by atoms with Crippen LogP contribution in [0.2, 0.25) is 0 Å². The third-order valence-corrected chi connectivity index (χ3v) is 7.02. The number of carboxylic acids is 1. The van der Waals surface area contributed by atoms with Crippen LogP contribution in [-0.4, -0.2) is 40.5 Å². The number of nitrogens with zero attached hydrogens (tertiary/aromatic N) is 1. The first-order valence-corrected chi connectivity index (χ1v) is 12.7. The lowest BCUT2D eigenvalue weighted by molar-refractivity contribution is -0.120. The fourth-order valence-electron chi connectivity index (χ4n) is 4.78. The zero-order chi connectivity index (χ0) is 26.5. The zero-order valence-corrected chi connectivity index (χ0v) is 21.4. The first-order valence-electron chi connectivity index (χ1n) is 12.7. The average Bonchev–Trinajstić information content (AvgIpc) is 3.34. The van der Waals surface area contributed by atoms with Crippen LogP contribution in [0.25, 0.3) is 11.1 Å². The van der Waals surface area contributed by atoms with Crippen LogP contribution in [-0.2, 0) is 4.79 Å². The van der Waals surface area contributed by atoms with Gasteiger partial charge in [0.15, 0.2) is 0 Å². The summed E-state index contributed by atoms with van der Waals surface area (Å²) >= 11 is 0. The molecule has 4 rings (SSSR count). The van der Waals surface area contributed by atoms with Crippen molar-refractivity contribution in [2.45, 2.75) is 45.6 Å². The van der Waals surface area contributed by atoms with Gasteiger partial charge in [-0.25, -0.2) is 9.59 Å². The van der Waals surface area contributed by atoms with Gasteiger partial charge in [0, 0.05) is 17.9 Å². The van der Waals surface area contributed by atoms with E-state index >= 15 is 0 Å². The van der Waals surface area contributed by atoms with E-state index < -0.39 is 12.0 Å². The van der Waals surface area contributed by atoms with E-state index in [1.807, 2.05) is 55.5 Å². The molecule has 37 heavy (non-hydrogen) atoms. The van der Waals surface area contributed by atoms with E-state index in [4.69, 9.17) is 5.11 Å². The first-order chi connectivity index (χ1) is 17.8. The zero-order valence-electron chi connectivity index (χ0n) is 21.4. The Hall–Kier alpha value is -4.13. The number of carbonyl (C=O) groups is 3. The third-order valence-electron chi connectivity index (χ3n) is 7.02. The molecule has 0 radical (unpaired) electrons. The number of aromatic carboxylic acids is 1. The molecular formula is C30H33N3O4. The molecule has 3 amide bonds. The quantitative estimate of drug-likeness (QED) is 0.348. The highest BCUT2D eigenvalue weighted by atomic mass is 16.4. The van der Waals surface area contributed by atoms with Crippen molar-refractivity contribution in [2.75, 3.05) is 17.2 Å². The number of hydrogen-bond donors (Lipinski definition) is 3. The third kappa shape index (κ3) is 6.00. The summed E-state index contributed by atoms with van der Waals surface area (Å²) in [7, 11) is 0. The van der Waals surface area contributed by atoms with Crippen molar-refractivity contribution in [3.05, 3.63) is 83.9 Å². The van der Waals surface area contributed by atoms with Crippen LogP contribution in [0.4, 0.5) is 16.2 Å². The van der Waals surface area contributed by atoms with Gasteiger partial charge in [0.1, 0.15) is 6.04 Å². The molecule has 1 heterocycles. The lowest BCUT2D eigenvalue weighted by atomic mass is 9.96. The van der Waals surface area contributed by atoms with E-state index in [2.05, 4.69) is 24.5 Å². The molecule has 2 atom stereocenters. The number of benzene rings is 3. The second-order valence-corrected chi connectivity index (χ2v) is 9.75. The van der Waals surface area contributed by atoms with Crippen molar-refractivity contribution in [1.82, 2.24) is 4.90 Å². The molecule has 3 N–H and O–H groups in total. The second kappa shape index (κ2) is 11.3. The number of urea groups is 1. The molecular weight excluding hydrogens is 466 g/mol. The summed E-state index contributed by atoms with van der Waals surface area (Å²) in [6, 6.07) is 21.0. The summed E-state index contributed by atoms with van der Waals surface area (Å²) in [5.74, 6) is -0.670. The van der Waals surface area contributed by atoms with E-state index in [-0.39, 0.29) is 23.4 Å². The van der Waals surface area contributed by atoms with Crippen LogP contribution < -0.4 is 10.6 Å². The molecule has 0 aromatic heterocycles. The Bertz CT molecular complexity index is 1250. The molecule has 192 valence electrons. The van der Waals surface area contributed by atoms with Gasteiger partial charge < -0.3 is 20.6 Å². The van der Waals surface area contributed by atoms with Gasteiger partial charge in [-0.05, 0) is 71.3 Å². The lowest BCUT2D eigenvalue weighted by Crippen LogP contribution is -2.47. The highest BCUT2D eigenvalue weighted by Crippen LogP contribution is 2.30. The summed E-state index contributed by atoms with van der Waals surface area (Å²) in [6.45, 7) is 6.81. The normalized spacial score (nSPS) is 17.0. The van der Waals surface area contributed by atoms with Gasteiger partial charge in [0.25, 0.3) is 0 Å². The fraction of sp³-hybridized carbons (Fsp3) is 0.300. The van der Waals surface area contributed by atoms with Gasteiger partial charge >= 0.3 is 12.0 Å². The van der Waals surface area contributed by atoms with E-state index in [1.165, 1.54) is 5.56 Å². The van der Waals surface area contributed by atoms with Crippen molar-refractivity contribution in [3.63, 3.8) is 0 Å². The molecule has 3 aromatic rings. The number of carbonyl (C=O) groups excluding carboxylic acids is 2. The molecule has 0 bridgehead atoms. The predicted octanol–water partition coefficient (Wildman–Crippen LogP) is 6.45. The molecule has 7 nitrogen and oxygen atoms in total. The van der Waals surface area contributed by atoms with Gasteiger partial charge in [0.2, 0.25) is 5.91 Å². The van der Waals surface area contributed by atoms with Gasteiger partial charge in [0.05, 0.1) is 5.56 Å². The number of rotatable bonds is 7. The van der Waals surface area contributed by atoms with Crippen molar-refractivity contribution in [2.24, 2.45) is 5.92 Å². The summed E-state index contributed by atoms with van der Waals surface area (Å²) in [4.78, 5) is 39.2. The minimum absolute atomic E-state index is 0.0843. The summed E-state index contributed by atoms with van der Waals surface area (Å²) in [5, 5.41) is 15.0. The van der Waals surface area contributed by atoms with Crippen molar-refractivity contribution >= 4 is 29.3 Å². The van der Waals surface area contributed by atoms with Crippen molar-refractivity contribution < 1.29 is 19.5 Å². The Morgan fingerprint density at radius 2 is 1.41 bits per heavy atom. The monoisotopic (exact) mass is 499 g/mol. The maximum absolute atomic E-state index is 13.3. The van der Waals surface area contributed by atoms with E-state index in [1.54, 1.807) is 29.2 Å². The fourth-order valence-corrected chi connectivity index (χ4v) is 4.78. The maximum atomic E-state index is 13.3. The molecule has 1 saturated heterocycles. The van der Waals surface area contributed by atoms with Crippen LogP contribution >= 0.6 is 0 Å². The molecule has 1 fully saturated rings. The van der Waals surface area contributed by atoms with E-state index in [0.29, 0.717) is 23.8 Å². The van der Waals surface area contributed by atoms with Crippen LogP contribution in [0.5, 0.6) is 0 Å². The van der Waals surface area contributed by atoms with Crippen molar-refractivity contribution in [3.8, 4) is 11.1 Å². The van der Waals surface area contributed by atoms with Crippen molar-refractivity contribution in [1.29, 1.82) is 0 Å². The summed E-state index contributed by atoms with van der Waals surface area (Å²) in [5.41, 5.74) is 4.57. The Labute approximate surface area is 217 Å². The topological polar surface area (TPSA) is 98.7 Å². The van der Waals surface area contributed by atoms with Gasteiger partial charge in [-0.2, -0.15) is 0 Å². The number of carboxylic acid groups (broad SMARTS) is 1. The van der Waals surface area contributed by atoms with Gasteiger partial charge in [-0.1, -0.05) is 63.6 Å². The molecule has 0 aliphatic carbocycles. The van der Waals surface area contributed by atoms with Gasteiger partial charge in [-0.15, -0.1) is 0 Å².